The molecule has 0 saturated carbocycles. The van der Waals surface area contributed by atoms with Crippen LogP contribution in [0.2, 0.25) is 0 Å². The van der Waals surface area contributed by atoms with Gasteiger partial charge in [-0.05, 0) is 42.7 Å². The molecule has 0 unspecified atom stereocenters. The number of hydrogen-bond acceptors (Lipinski definition) is 3. The molecule has 0 fully saturated rings. The lowest BCUT2D eigenvalue weighted by atomic mass is 10.1. The van der Waals surface area contributed by atoms with Crippen molar-refractivity contribution < 1.29 is 9.13 Å². The molecule has 2 aromatic rings. The quantitative estimate of drug-likeness (QED) is 0.397. The van der Waals surface area contributed by atoms with Crippen molar-refractivity contribution >= 4 is 29.9 Å². The number of aryl methyl sites for hydroxylation is 1. The molecule has 0 aliphatic heterocycles. The normalized spacial score (nSPS) is 10.8. The third-order valence-electron chi connectivity index (χ3n) is 3.64. The number of rotatable bonds is 6. The predicted molar refractivity (Wildman–Crippen MR) is 109 cm³/mol. The number of benzene rings is 1. The van der Waals surface area contributed by atoms with Crippen LogP contribution in [0, 0.1) is 12.7 Å². The highest BCUT2D eigenvalue weighted by Gasteiger charge is 2.03. The van der Waals surface area contributed by atoms with E-state index in [2.05, 4.69) is 20.6 Å². The summed E-state index contributed by atoms with van der Waals surface area (Å²) in [5.74, 6) is 1.08. The maximum Gasteiger partial charge on any atom is 0.213 e. The second-order valence-corrected chi connectivity index (χ2v) is 5.34. The highest BCUT2D eigenvalue weighted by atomic mass is 127. The zero-order chi connectivity index (χ0) is 17.4. The zero-order valence-corrected chi connectivity index (χ0v) is 17.0. The molecule has 0 amide bonds. The average molecular weight is 458 g/mol. The van der Waals surface area contributed by atoms with E-state index in [1.807, 2.05) is 31.2 Å². The molecular formula is C18H24FIN4O. The highest BCUT2D eigenvalue weighted by molar-refractivity contribution is 14.0. The molecule has 0 saturated heterocycles. The van der Waals surface area contributed by atoms with E-state index in [0.717, 1.165) is 23.2 Å². The molecule has 1 aromatic heterocycles. The van der Waals surface area contributed by atoms with Gasteiger partial charge in [-0.2, -0.15) is 0 Å². The van der Waals surface area contributed by atoms with Gasteiger partial charge in [0.15, 0.2) is 5.96 Å². The van der Waals surface area contributed by atoms with Crippen LogP contribution >= 0.6 is 24.0 Å². The van der Waals surface area contributed by atoms with Gasteiger partial charge in [-0.15, -0.1) is 24.0 Å². The van der Waals surface area contributed by atoms with Gasteiger partial charge in [0, 0.05) is 19.7 Å². The van der Waals surface area contributed by atoms with Gasteiger partial charge in [-0.3, -0.25) is 4.99 Å². The smallest absolute Gasteiger partial charge is 0.213 e. The van der Waals surface area contributed by atoms with E-state index >= 15 is 0 Å². The summed E-state index contributed by atoms with van der Waals surface area (Å²) < 4.78 is 18.2. The van der Waals surface area contributed by atoms with Gasteiger partial charge in [-0.1, -0.05) is 12.1 Å². The fraction of sp³-hybridized carbons (Fsp3) is 0.333. The van der Waals surface area contributed by atoms with E-state index in [1.165, 1.54) is 6.07 Å². The molecule has 0 atom stereocenters. The van der Waals surface area contributed by atoms with Crippen LogP contribution < -0.4 is 15.4 Å². The number of guanidine groups is 1. The molecule has 0 radical (unpaired) electrons. The Balaban J connectivity index is 0.00000312. The number of pyridine rings is 1. The first-order valence-corrected chi connectivity index (χ1v) is 7.82. The second kappa shape index (κ2) is 10.9. The second-order valence-electron chi connectivity index (χ2n) is 5.34. The first-order valence-electron chi connectivity index (χ1n) is 7.82. The van der Waals surface area contributed by atoms with Gasteiger partial charge in [-0.25, -0.2) is 9.37 Å². The summed E-state index contributed by atoms with van der Waals surface area (Å²) in [5, 5.41) is 6.45. The first-order chi connectivity index (χ1) is 11.6. The molecule has 0 bridgehead atoms. The third-order valence-corrected chi connectivity index (χ3v) is 3.64. The standard InChI is InChI=1S/C18H23FN4O.HI/c1-13-11-15(19)8-7-14(13)9-10-21-18(20-2)22-12-16-5-4-6-17(23-16)24-3;/h4-8,11H,9-10,12H2,1-3H3,(H2,20,21,22);1H. The Hall–Kier alpha value is -1.90. The minimum atomic E-state index is -0.201. The molecule has 7 heteroatoms. The van der Waals surface area contributed by atoms with E-state index in [0.29, 0.717) is 24.9 Å². The number of halogens is 2. The van der Waals surface area contributed by atoms with Gasteiger partial charge in [0.2, 0.25) is 5.88 Å². The van der Waals surface area contributed by atoms with Crippen molar-refractivity contribution in [2.75, 3.05) is 20.7 Å². The number of aromatic nitrogens is 1. The molecule has 25 heavy (non-hydrogen) atoms. The number of nitrogens with one attached hydrogen (secondary N) is 2. The largest absolute Gasteiger partial charge is 0.481 e. The van der Waals surface area contributed by atoms with Crippen LogP contribution in [0.1, 0.15) is 16.8 Å². The molecular weight excluding hydrogens is 434 g/mol. The summed E-state index contributed by atoms with van der Waals surface area (Å²) in [6.07, 6.45) is 0.796. The number of ether oxygens (including phenoxy) is 1. The zero-order valence-electron chi connectivity index (χ0n) is 14.7. The summed E-state index contributed by atoms with van der Waals surface area (Å²) in [6.45, 7) is 3.17. The van der Waals surface area contributed by atoms with Gasteiger partial charge in [0.1, 0.15) is 5.82 Å². The van der Waals surface area contributed by atoms with Gasteiger partial charge >= 0.3 is 0 Å². The van der Waals surface area contributed by atoms with Crippen LogP contribution in [0.15, 0.2) is 41.4 Å². The Kier molecular flexibility index (Phi) is 9.18. The van der Waals surface area contributed by atoms with Crippen LogP contribution in [0.4, 0.5) is 4.39 Å². The summed E-state index contributed by atoms with van der Waals surface area (Å²) >= 11 is 0. The van der Waals surface area contributed by atoms with E-state index in [9.17, 15) is 4.39 Å². The summed E-state index contributed by atoms with van der Waals surface area (Å²) in [4.78, 5) is 8.53. The highest BCUT2D eigenvalue weighted by Crippen LogP contribution is 2.10. The number of nitrogens with zero attached hydrogens (tertiary/aromatic N) is 2. The average Bonchev–Trinajstić information content (AvgIpc) is 2.59. The molecule has 5 nitrogen and oxygen atoms in total. The Morgan fingerprint density at radius 1 is 1.24 bits per heavy atom. The van der Waals surface area contributed by atoms with Crippen molar-refractivity contribution in [3.05, 3.63) is 59.0 Å². The fourth-order valence-corrected chi connectivity index (χ4v) is 2.32. The molecule has 136 valence electrons. The first kappa shape index (κ1) is 21.1. The van der Waals surface area contributed by atoms with Crippen LogP contribution in [-0.4, -0.2) is 31.6 Å². The van der Waals surface area contributed by atoms with Crippen LogP contribution in [0.5, 0.6) is 5.88 Å². The lowest BCUT2D eigenvalue weighted by molar-refractivity contribution is 0.396. The van der Waals surface area contributed by atoms with E-state index in [-0.39, 0.29) is 29.8 Å². The predicted octanol–water partition coefficient (Wildman–Crippen LogP) is 3.06. The summed E-state index contributed by atoms with van der Waals surface area (Å²) in [5.41, 5.74) is 2.95. The lowest BCUT2D eigenvalue weighted by Crippen LogP contribution is -2.38. The third kappa shape index (κ3) is 6.85. The molecule has 2 N–H and O–H groups in total. The topological polar surface area (TPSA) is 58.5 Å². The summed E-state index contributed by atoms with van der Waals surface area (Å²) in [7, 11) is 3.31. The molecule has 0 aliphatic rings. The van der Waals surface area contributed by atoms with Crippen molar-refractivity contribution in [2.45, 2.75) is 19.9 Å². The van der Waals surface area contributed by atoms with E-state index in [4.69, 9.17) is 4.74 Å². The van der Waals surface area contributed by atoms with Crippen molar-refractivity contribution in [1.29, 1.82) is 0 Å². The maximum atomic E-state index is 13.1. The van der Waals surface area contributed by atoms with Crippen LogP contribution in [-0.2, 0) is 13.0 Å². The maximum absolute atomic E-state index is 13.1. The molecule has 1 heterocycles. The molecule has 0 aliphatic carbocycles. The number of aliphatic imine (C=N–C) groups is 1. The Bertz CT molecular complexity index is 709. The van der Waals surface area contributed by atoms with Crippen LogP contribution in [0.25, 0.3) is 0 Å². The minimum absolute atomic E-state index is 0. The van der Waals surface area contributed by atoms with Crippen molar-refractivity contribution in [3.63, 3.8) is 0 Å². The minimum Gasteiger partial charge on any atom is -0.481 e. The SMILES string of the molecule is CN=C(NCCc1ccc(F)cc1C)NCc1cccc(OC)n1.I. The summed E-state index contributed by atoms with van der Waals surface area (Å²) in [6, 6.07) is 10.5. The fourth-order valence-electron chi connectivity index (χ4n) is 2.32. The lowest BCUT2D eigenvalue weighted by Gasteiger charge is -2.12. The van der Waals surface area contributed by atoms with E-state index < -0.39 is 0 Å². The van der Waals surface area contributed by atoms with Gasteiger partial charge < -0.3 is 15.4 Å². The molecule has 1 aromatic carbocycles. The Morgan fingerprint density at radius 3 is 2.72 bits per heavy atom. The number of methoxy groups -OCH3 is 1. The van der Waals surface area contributed by atoms with Gasteiger partial charge in [0.05, 0.1) is 19.3 Å². The van der Waals surface area contributed by atoms with Crippen molar-refractivity contribution in [2.24, 2.45) is 4.99 Å². The monoisotopic (exact) mass is 458 g/mol. The van der Waals surface area contributed by atoms with Crippen LogP contribution in [0.3, 0.4) is 0 Å². The van der Waals surface area contributed by atoms with E-state index in [1.54, 1.807) is 20.2 Å². The molecule has 0 spiro atoms. The van der Waals surface area contributed by atoms with Crippen molar-refractivity contribution in [1.82, 2.24) is 15.6 Å². The number of hydrogen-bond donors (Lipinski definition) is 2. The molecule has 2 rings (SSSR count). The Labute approximate surface area is 165 Å². The Morgan fingerprint density at radius 2 is 2.04 bits per heavy atom. The van der Waals surface area contributed by atoms with Gasteiger partial charge in [0.25, 0.3) is 0 Å². The van der Waals surface area contributed by atoms with Crippen molar-refractivity contribution in [3.8, 4) is 5.88 Å².